The van der Waals surface area contributed by atoms with Crippen LogP contribution in [0.5, 0.6) is 17.2 Å². The Bertz CT molecular complexity index is 755. The molecule has 0 amide bonds. The number of aromatic hydroxyl groups is 3. The van der Waals surface area contributed by atoms with Gasteiger partial charge >= 0.3 is 0 Å². The Labute approximate surface area is 160 Å². The van der Waals surface area contributed by atoms with Crippen molar-refractivity contribution >= 4 is 5.78 Å². The molecule has 4 N–H and O–H groups in total. The van der Waals surface area contributed by atoms with Crippen LogP contribution in [0.3, 0.4) is 0 Å². The zero-order valence-corrected chi connectivity index (χ0v) is 16.7. The summed E-state index contributed by atoms with van der Waals surface area (Å²) >= 11 is 0. The van der Waals surface area contributed by atoms with Gasteiger partial charge in [0.25, 0.3) is 0 Å². The van der Waals surface area contributed by atoms with Gasteiger partial charge < -0.3 is 20.4 Å². The molecule has 2 aromatic rings. The third-order valence-electron chi connectivity index (χ3n) is 4.06. The number of carbonyl (C=O) groups is 1. The number of phenols is 3. The second kappa shape index (κ2) is 8.91. The average molecular weight is 374 g/mol. The highest BCUT2D eigenvalue weighted by atomic mass is 16.3. The predicted molar refractivity (Wildman–Crippen MR) is 106 cm³/mol. The van der Waals surface area contributed by atoms with Crippen LogP contribution in [0.25, 0.3) is 0 Å². The van der Waals surface area contributed by atoms with Crippen LogP contribution >= 0.6 is 0 Å². The van der Waals surface area contributed by atoms with E-state index in [2.05, 4.69) is 34.6 Å². The van der Waals surface area contributed by atoms with Crippen LogP contribution in [-0.4, -0.2) is 32.8 Å². The van der Waals surface area contributed by atoms with Gasteiger partial charge in [-0.15, -0.1) is 0 Å². The molecule has 0 aliphatic heterocycles. The van der Waals surface area contributed by atoms with Gasteiger partial charge in [-0.25, -0.2) is 0 Å². The molecule has 0 spiro atoms. The van der Waals surface area contributed by atoms with E-state index in [0.717, 1.165) is 12.0 Å². The largest absolute Gasteiger partial charge is 0.508 e. The predicted octanol–water partition coefficient (Wildman–Crippen LogP) is 4.38. The molecule has 0 unspecified atom stereocenters. The number of aliphatic hydroxyl groups is 1. The van der Waals surface area contributed by atoms with Gasteiger partial charge in [0.05, 0.1) is 0 Å². The molecule has 5 heteroatoms. The first-order chi connectivity index (χ1) is 12.4. The number of hydrogen-bond acceptors (Lipinski definition) is 5. The highest BCUT2D eigenvalue weighted by molar-refractivity contribution is 5.96. The van der Waals surface area contributed by atoms with E-state index in [9.17, 15) is 15.0 Å². The smallest absolute Gasteiger partial charge is 0.188 e. The van der Waals surface area contributed by atoms with Crippen LogP contribution in [0.1, 0.15) is 57.0 Å². The molecule has 2 aromatic carbocycles. The van der Waals surface area contributed by atoms with Crippen molar-refractivity contribution < 1.29 is 25.2 Å². The highest BCUT2D eigenvalue weighted by Gasteiger charge is 2.27. The zero-order chi connectivity index (χ0) is 20.8. The van der Waals surface area contributed by atoms with Crippen molar-refractivity contribution in [1.82, 2.24) is 0 Å². The van der Waals surface area contributed by atoms with Gasteiger partial charge in [-0.2, -0.15) is 0 Å². The number of phenolic OH excluding ortho intramolecular Hbond substituents is 3. The first-order valence-corrected chi connectivity index (χ1v) is 8.81. The lowest BCUT2D eigenvalue weighted by Crippen LogP contribution is -2.24. The Kier molecular flexibility index (Phi) is 7.43. The Balaban J connectivity index is 0.000000289. The number of carbonyl (C=O) groups excluding carboxylic acids is 1. The van der Waals surface area contributed by atoms with Crippen LogP contribution in [0.4, 0.5) is 0 Å². The van der Waals surface area contributed by atoms with E-state index in [4.69, 9.17) is 10.2 Å². The Morgan fingerprint density at radius 2 is 1.41 bits per heavy atom. The SMILES string of the molecule is CC(C)(C)CC(C)(C)c1ccc(O)c(O)c1.O=C(CO)c1ccc(O)cc1. The van der Waals surface area contributed by atoms with Crippen molar-refractivity contribution in [3.8, 4) is 17.2 Å². The fourth-order valence-electron chi connectivity index (χ4n) is 3.11. The zero-order valence-electron chi connectivity index (χ0n) is 16.7. The van der Waals surface area contributed by atoms with Crippen molar-refractivity contribution in [1.29, 1.82) is 0 Å². The molecular formula is C22H30O5. The number of aliphatic hydroxyl groups excluding tert-OH is 1. The van der Waals surface area contributed by atoms with Crippen LogP contribution in [0.15, 0.2) is 42.5 Å². The molecule has 5 nitrogen and oxygen atoms in total. The Hall–Kier alpha value is -2.53. The van der Waals surface area contributed by atoms with E-state index in [0.29, 0.717) is 5.56 Å². The molecular weight excluding hydrogens is 344 g/mol. The molecule has 0 fully saturated rings. The lowest BCUT2D eigenvalue weighted by Gasteiger charge is -2.33. The maximum atomic E-state index is 10.8. The molecule has 0 bridgehead atoms. The van der Waals surface area contributed by atoms with Crippen LogP contribution in [-0.2, 0) is 5.41 Å². The summed E-state index contributed by atoms with van der Waals surface area (Å²) in [7, 11) is 0. The summed E-state index contributed by atoms with van der Waals surface area (Å²) in [4.78, 5) is 10.8. The minimum atomic E-state index is -0.495. The second-order valence-electron chi connectivity index (χ2n) is 8.45. The standard InChI is InChI=1S/C14H22O2.C8H8O3/c1-13(2,3)9-14(4,5)10-6-7-11(15)12(16)8-10;9-5-8(11)6-1-3-7(10)4-2-6/h6-8,15-16H,9H2,1-5H3;1-4,9-10H,5H2. The van der Waals surface area contributed by atoms with Crippen molar-refractivity contribution in [2.24, 2.45) is 5.41 Å². The Morgan fingerprint density at radius 3 is 1.85 bits per heavy atom. The summed E-state index contributed by atoms with van der Waals surface area (Å²) in [6.45, 7) is 10.4. The van der Waals surface area contributed by atoms with E-state index in [1.807, 2.05) is 6.07 Å². The highest BCUT2D eigenvalue weighted by Crippen LogP contribution is 2.38. The molecule has 0 atom stereocenters. The lowest BCUT2D eigenvalue weighted by molar-refractivity contribution is 0.0903. The number of benzene rings is 2. The molecule has 0 aromatic heterocycles. The van der Waals surface area contributed by atoms with Crippen LogP contribution in [0.2, 0.25) is 0 Å². The summed E-state index contributed by atoms with van der Waals surface area (Å²) < 4.78 is 0. The van der Waals surface area contributed by atoms with E-state index in [-0.39, 0.29) is 33.9 Å². The van der Waals surface area contributed by atoms with Crippen molar-refractivity contribution in [2.45, 2.75) is 46.5 Å². The first-order valence-electron chi connectivity index (χ1n) is 8.81. The van der Waals surface area contributed by atoms with Gasteiger partial charge in [-0.05, 0) is 59.2 Å². The molecule has 0 saturated carbocycles. The van der Waals surface area contributed by atoms with Crippen LogP contribution in [0, 0.1) is 5.41 Å². The molecule has 148 valence electrons. The summed E-state index contributed by atoms with van der Waals surface area (Å²) in [5.41, 5.74) is 1.68. The molecule has 0 heterocycles. The van der Waals surface area contributed by atoms with Crippen molar-refractivity contribution in [3.63, 3.8) is 0 Å². The maximum absolute atomic E-state index is 10.8. The fraction of sp³-hybridized carbons (Fsp3) is 0.409. The second-order valence-corrected chi connectivity index (χ2v) is 8.45. The summed E-state index contributed by atoms with van der Waals surface area (Å²) in [5.74, 6) is -0.334. The van der Waals surface area contributed by atoms with Gasteiger partial charge in [0.1, 0.15) is 12.4 Å². The average Bonchev–Trinajstić information content (AvgIpc) is 2.55. The lowest BCUT2D eigenvalue weighted by atomic mass is 9.72. The number of rotatable bonds is 4. The van der Waals surface area contributed by atoms with Gasteiger partial charge in [-0.1, -0.05) is 40.7 Å². The van der Waals surface area contributed by atoms with Crippen molar-refractivity contribution in [3.05, 3.63) is 53.6 Å². The minimum Gasteiger partial charge on any atom is -0.508 e. The van der Waals surface area contributed by atoms with E-state index in [1.165, 1.54) is 24.3 Å². The summed E-state index contributed by atoms with van der Waals surface area (Å²) in [6, 6.07) is 10.8. The first kappa shape index (κ1) is 22.5. The summed E-state index contributed by atoms with van der Waals surface area (Å²) in [5, 5.41) is 36.1. The molecule has 0 radical (unpaired) electrons. The molecule has 2 rings (SSSR count). The van der Waals surface area contributed by atoms with Gasteiger partial charge in [-0.3, -0.25) is 4.79 Å². The molecule has 0 aliphatic rings. The number of hydrogen-bond donors (Lipinski definition) is 4. The molecule has 0 aliphatic carbocycles. The molecule has 0 saturated heterocycles. The van der Waals surface area contributed by atoms with E-state index < -0.39 is 6.61 Å². The van der Waals surface area contributed by atoms with Gasteiger partial charge in [0, 0.05) is 5.56 Å². The Morgan fingerprint density at radius 1 is 0.852 bits per heavy atom. The van der Waals surface area contributed by atoms with E-state index >= 15 is 0 Å². The quantitative estimate of drug-likeness (QED) is 0.470. The third kappa shape index (κ3) is 7.31. The normalized spacial score (nSPS) is 11.5. The van der Waals surface area contributed by atoms with Gasteiger partial charge in [0.15, 0.2) is 17.3 Å². The third-order valence-corrected chi connectivity index (χ3v) is 4.06. The topological polar surface area (TPSA) is 98.0 Å². The molecule has 27 heavy (non-hydrogen) atoms. The van der Waals surface area contributed by atoms with E-state index in [1.54, 1.807) is 12.1 Å². The maximum Gasteiger partial charge on any atom is 0.188 e. The van der Waals surface area contributed by atoms with Gasteiger partial charge in [0.2, 0.25) is 0 Å². The number of ketones is 1. The van der Waals surface area contributed by atoms with Crippen molar-refractivity contribution in [2.75, 3.05) is 6.61 Å². The van der Waals surface area contributed by atoms with Crippen LogP contribution < -0.4 is 0 Å². The number of Topliss-reactive ketones (excluding diaryl/α,β-unsaturated/α-hetero) is 1. The monoisotopic (exact) mass is 374 g/mol. The minimum absolute atomic E-state index is 0.0105. The summed E-state index contributed by atoms with van der Waals surface area (Å²) in [6.07, 6.45) is 1.02. The fourth-order valence-corrected chi connectivity index (χ4v) is 3.11.